The van der Waals surface area contributed by atoms with E-state index >= 15 is 0 Å². The highest BCUT2D eigenvalue weighted by Crippen LogP contribution is 2.23. The normalized spacial score (nSPS) is 19.2. The molecule has 0 radical (unpaired) electrons. The maximum atomic E-state index is 13.0. The number of carbonyl (C=O) groups is 2. The average molecular weight is 1030 g/mol. The van der Waals surface area contributed by atoms with E-state index in [2.05, 4.69) is 55.6 Å². The number of esters is 1. The average Bonchev–Trinajstić information content (AvgIpc) is 3.39. The SMILES string of the molecule is CCCCCC/C=C\C/C=C\CCCCCCCCCC(=O)OCCCCCCCCCCC/C=C\CCCCCCCC(=O)NC(COC1OC(CO)C(O)C(O)C1O)C(O)/C=C/CCCCCCCCC. The maximum Gasteiger partial charge on any atom is 0.305 e. The van der Waals surface area contributed by atoms with Crippen LogP contribution in [0.1, 0.15) is 271 Å². The topological polar surface area (TPSA) is 175 Å². The summed E-state index contributed by atoms with van der Waals surface area (Å²) >= 11 is 0. The highest BCUT2D eigenvalue weighted by atomic mass is 16.7. The number of ether oxygens (including phenoxy) is 3. The largest absolute Gasteiger partial charge is 0.466 e. The zero-order chi connectivity index (χ0) is 53.1. The number of carbonyl (C=O) groups excluding carboxylic acids is 2. The minimum atomic E-state index is -1.58. The maximum absolute atomic E-state index is 13.0. The van der Waals surface area contributed by atoms with Crippen molar-refractivity contribution in [3.8, 4) is 0 Å². The van der Waals surface area contributed by atoms with E-state index in [1.807, 2.05) is 6.08 Å². The Bertz CT molecular complexity index is 1350. The van der Waals surface area contributed by atoms with Gasteiger partial charge in [-0.05, 0) is 89.9 Å². The van der Waals surface area contributed by atoms with Crippen LogP contribution in [0.5, 0.6) is 0 Å². The number of rotatable bonds is 52. The molecule has 1 rings (SSSR count). The second kappa shape index (κ2) is 51.7. The Morgan fingerprint density at radius 1 is 0.507 bits per heavy atom. The number of aliphatic hydroxyl groups excluding tert-OH is 5. The Labute approximate surface area is 446 Å². The Balaban J connectivity index is 2.02. The number of nitrogens with one attached hydrogen (secondary N) is 1. The van der Waals surface area contributed by atoms with Crippen molar-refractivity contribution in [2.24, 2.45) is 0 Å². The van der Waals surface area contributed by atoms with Crippen molar-refractivity contribution in [1.82, 2.24) is 5.32 Å². The number of allylic oxidation sites excluding steroid dienone is 7. The summed E-state index contributed by atoms with van der Waals surface area (Å²) < 4.78 is 16.7. The van der Waals surface area contributed by atoms with Crippen LogP contribution in [0.2, 0.25) is 0 Å². The van der Waals surface area contributed by atoms with Gasteiger partial charge in [-0.2, -0.15) is 0 Å². The fourth-order valence-electron chi connectivity index (χ4n) is 9.28. The highest BCUT2D eigenvalue weighted by Gasteiger charge is 2.44. The number of amides is 1. The monoisotopic (exact) mass is 1030 g/mol. The number of aliphatic hydroxyl groups is 5. The van der Waals surface area contributed by atoms with Gasteiger partial charge in [0.1, 0.15) is 24.4 Å². The van der Waals surface area contributed by atoms with Gasteiger partial charge in [0.2, 0.25) is 5.91 Å². The molecule has 0 saturated carbocycles. The zero-order valence-corrected chi connectivity index (χ0v) is 46.8. The van der Waals surface area contributed by atoms with Crippen LogP contribution in [0.4, 0.5) is 0 Å². The fraction of sp³-hybridized carbons (Fsp3) is 0.839. The van der Waals surface area contributed by atoms with Crippen LogP contribution in [0.3, 0.4) is 0 Å². The third-order valence-corrected chi connectivity index (χ3v) is 14.2. The lowest BCUT2D eigenvalue weighted by atomic mass is 9.99. The number of hydrogen-bond donors (Lipinski definition) is 6. The standard InChI is InChI=1S/C62H113NO10/c1-3-5-7-9-11-13-14-15-16-17-21-24-27-30-34-38-42-46-50-58(67)71-51-47-43-39-35-31-28-25-22-19-18-20-23-26-29-33-37-41-45-49-57(66)63-54(55(65)48-44-40-36-32-12-10-8-6-4-2)53-72-62-61(70)60(69)59(68)56(52-64)73-62/h13-14,16-17,20,23,44,48,54-56,59-62,64-65,68-70H,3-12,15,18-19,21-22,24-43,45-47,49-53H2,1-2H3,(H,63,66)/b14-13-,17-16-,23-20-,48-44+. The molecule has 1 aliphatic heterocycles. The van der Waals surface area contributed by atoms with E-state index in [0.717, 1.165) is 96.3 Å². The van der Waals surface area contributed by atoms with Crippen LogP contribution in [0, 0.1) is 0 Å². The van der Waals surface area contributed by atoms with Gasteiger partial charge in [-0.15, -0.1) is 0 Å². The Hall–Kier alpha value is -2.38. The molecule has 11 nitrogen and oxygen atoms in total. The summed E-state index contributed by atoms with van der Waals surface area (Å²) in [7, 11) is 0. The number of unbranched alkanes of at least 4 members (excludes halogenated alkanes) is 32. The summed E-state index contributed by atoms with van der Waals surface area (Å²) in [6.45, 7) is 4.27. The van der Waals surface area contributed by atoms with Crippen LogP contribution in [0.25, 0.3) is 0 Å². The summed E-state index contributed by atoms with van der Waals surface area (Å²) in [4.78, 5) is 25.1. The second-order valence-electron chi connectivity index (χ2n) is 21.0. The van der Waals surface area contributed by atoms with Crippen LogP contribution in [-0.4, -0.2) is 100 Å². The van der Waals surface area contributed by atoms with Gasteiger partial charge < -0.3 is 45.1 Å². The Morgan fingerprint density at radius 3 is 1.41 bits per heavy atom. The van der Waals surface area contributed by atoms with Crippen molar-refractivity contribution < 1.29 is 49.3 Å². The van der Waals surface area contributed by atoms with Crippen molar-refractivity contribution in [3.63, 3.8) is 0 Å². The first-order chi connectivity index (χ1) is 35.7. The van der Waals surface area contributed by atoms with Gasteiger partial charge in [-0.3, -0.25) is 9.59 Å². The molecule has 1 aliphatic rings. The fourth-order valence-corrected chi connectivity index (χ4v) is 9.28. The third kappa shape index (κ3) is 41.5. The second-order valence-corrected chi connectivity index (χ2v) is 21.0. The molecular weight excluding hydrogens is 919 g/mol. The van der Waals surface area contributed by atoms with E-state index in [-0.39, 0.29) is 18.5 Å². The minimum absolute atomic E-state index is 0.0208. The van der Waals surface area contributed by atoms with E-state index in [1.54, 1.807) is 6.08 Å². The van der Waals surface area contributed by atoms with Crippen molar-refractivity contribution in [2.75, 3.05) is 19.8 Å². The smallest absolute Gasteiger partial charge is 0.305 e. The molecular formula is C62H113NO10. The molecule has 0 aromatic carbocycles. The predicted octanol–water partition coefficient (Wildman–Crippen LogP) is 14.1. The van der Waals surface area contributed by atoms with Gasteiger partial charge in [0.05, 0.1) is 32.0 Å². The molecule has 426 valence electrons. The quantitative estimate of drug-likeness (QED) is 0.0195. The van der Waals surface area contributed by atoms with Crippen molar-refractivity contribution >= 4 is 11.9 Å². The zero-order valence-electron chi connectivity index (χ0n) is 46.8. The first kappa shape index (κ1) is 68.6. The molecule has 0 spiro atoms. The summed E-state index contributed by atoms with van der Waals surface area (Å²) in [5.41, 5.74) is 0. The summed E-state index contributed by atoms with van der Waals surface area (Å²) in [6.07, 6.45) is 55.0. The molecule has 1 heterocycles. The van der Waals surface area contributed by atoms with Gasteiger partial charge in [-0.1, -0.05) is 217 Å². The molecule has 73 heavy (non-hydrogen) atoms. The van der Waals surface area contributed by atoms with E-state index in [4.69, 9.17) is 14.2 Å². The van der Waals surface area contributed by atoms with Gasteiger partial charge in [-0.25, -0.2) is 0 Å². The molecule has 6 N–H and O–H groups in total. The van der Waals surface area contributed by atoms with Crippen LogP contribution in [-0.2, 0) is 23.8 Å². The molecule has 7 atom stereocenters. The molecule has 1 amide bonds. The van der Waals surface area contributed by atoms with E-state index in [0.29, 0.717) is 19.4 Å². The predicted molar refractivity (Wildman–Crippen MR) is 301 cm³/mol. The molecule has 11 heteroatoms. The Kier molecular flexibility index (Phi) is 48.6. The lowest BCUT2D eigenvalue weighted by molar-refractivity contribution is -0.302. The third-order valence-electron chi connectivity index (χ3n) is 14.2. The van der Waals surface area contributed by atoms with Crippen LogP contribution < -0.4 is 5.32 Å². The first-order valence-electron chi connectivity index (χ1n) is 30.4. The summed E-state index contributed by atoms with van der Waals surface area (Å²) in [6, 6.07) is -0.820. The summed E-state index contributed by atoms with van der Waals surface area (Å²) in [5, 5.41) is 54.2. The molecule has 0 bridgehead atoms. The van der Waals surface area contributed by atoms with Crippen LogP contribution in [0.15, 0.2) is 48.6 Å². The van der Waals surface area contributed by atoms with E-state index < -0.39 is 49.5 Å². The van der Waals surface area contributed by atoms with Crippen molar-refractivity contribution in [3.05, 3.63) is 48.6 Å². The highest BCUT2D eigenvalue weighted by molar-refractivity contribution is 5.76. The minimum Gasteiger partial charge on any atom is -0.466 e. The molecule has 1 fully saturated rings. The molecule has 0 aromatic heterocycles. The van der Waals surface area contributed by atoms with Crippen molar-refractivity contribution in [2.45, 2.75) is 314 Å². The Morgan fingerprint density at radius 2 is 0.918 bits per heavy atom. The molecule has 0 aromatic rings. The van der Waals surface area contributed by atoms with Gasteiger partial charge in [0.15, 0.2) is 6.29 Å². The van der Waals surface area contributed by atoms with Gasteiger partial charge in [0, 0.05) is 12.8 Å². The molecule has 7 unspecified atom stereocenters. The van der Waals surface area contributed by atoms with Crippen LogP contribution >= 0.6 is 0 Å². The lowest BCUT2D eigenvalue weighted by Gasteiger charge is -2.40. The summed E-state index contributed by atoms with van der Waals surface area (Å²) in [5.74, 6) is -0.220. The van der Waals surface area contributed by atoms with Gasteiger partial charge >= 0.3 is 5.97 Å². The lowest BCUT2D eigenvalue weighted by Crippen LogP contribution is -2.60. The molecule has 1 saturated heterocycles. The number of hydrogen-bond acceptors (Lipinski definition) is 10. The van der Waals surface area contributed by atoms with Gasteiger partial charge in [0.25, 0.3) is 0 Å². The van der Waals surface area contributed by atoms with E-state index in [1.165, 1.54) is 148 Å². The first-order valence-corrected chi connectivity index (χ1v) is 30.4. The molecule has 0 aliphatic carbocycles. The van der Waals surface area contributed by atoms with E-state index in [9.17, 15) is 35.1 Å². The van der Waals surface area contributed by atoms with Crippen molar-refractivity contribution in [1.29, 1.82) is 0 Å².